The average Bonchev–Trinajstić information content (AvgIpc) is 2.78. The summed E-state index contributed by atoms with van der Waals surface area (Å²) in [7, 11) is 0. The molecular formula is C24H18N2O5S. The van der Waals surface area contributed by atoms with Crippen LogP contribution in [0.4, 0.5) is 0 Å². The number of ketones is 1. The summed E-state index contributed by atoms with van der Waals surface area (Å²) in [5.41, 5.74) is 2.23. The Bertz CT molecular complexity index is 1220. The largest absolute Gasteiger partial charge is 0.423 e. The third-order valence-electron chi connectivity index (χ3n) is 4.16. The summed E-state index contributed by atoms with van der Waals surface area (Å²) in [6.07, 6.45) is 0. The van der Waals surface area contributed by atoms with Gasteiger partial charge in [0.15, 0.2) is 17.3 Å². The van der Waals surface area contributed by atoms with Gasteiger partial charge in [0.25, 0.3) is 0 Å². The van der Waals surface area contributed by atoms with Crippen molar-refractivity contribution >= 4 is 29.5 Å². The first-order valence-electron chi connectivity index (χ1n) is 9.51. The lowest BCUT2D eigenvalue weighted by Gasteiger charge is -2.10. The van der Waals surface area contributed by atoms with Crippen LogP contribution in [0.5, 0.6) is 11.5 Å². The molecule has 0 radical (unpaired) electrons. The molecule has 0 saturated carbocycles. The average molecular weight is 446 g/mol. The molecule has 0 saturated heterocycles. The van der Waals surface area contributed by atoms with Crippen LogP contribution in [0.25, 0.3) is 11.3 Å². The van der Waals surface area contributed by atoms with E-state index in [2.05, 4.69) is 11.1 Å². The van der Waals surface area contributed by atoms with E-state index in [0.717, 1.165) is 17.3 Å². The van der Waals surface area contributed by atoms with Gasteiger partial charge in [-0.15, -0.1) is 0 Å². The second-order valence-corrected chi connectivity index (χ2v) is 7.55. The predicted molar refractivity (Wildman–Crippen MR) is 119 cm³/mol. The minimum absolute atomic E-state index is 0.00630. The van der Waals surface area contributed by atoms with E-state index < -0.39 is 11.9 Å². The number of nitrogens with zero attached hydrogens (tertiary/aromatic N) is 2. The van der Waals surface area contributed by atoms with E-state index in [1.165, 1.54) is 32.0 Å². The molecule has 3 rings (SSSR count). The van der Waals surface area contributed by atoms with Gasteiger partial charge >= 0.3 is 11.9 Å². The number of thioether (sulfide) groups is 1. The second kappa shape index (κ2) is 10.4. The molecule has 0 unspecified atom stereocenters. The van der Waals surface area contributed by atoms with Crippen LogP contribution in [0.3, 0.4) is 0 Å². The van der Waals surface area contributed by atoms with Crippen molar-refractivity contribution in [2.75, 3.05) is 5.75 Å². The number of nitriles is 1. The first kappa shape index (κ1) is 22.7. The molecule has 8 heteroatoms. The zero-order chi connectivity index (χ0) is 23.1. The van der Waals surface area contributed by atoms with E-state index in [9.17, 15) is 19.6 Å². The van der Waals surface area contributed by atoms with Crippen molar-refractivity contribution in [3.8, 4) is 28.8 Å². The number of esters is 2. The van der Waals surface area contributed by atoms with E-state index in [4.69, 9.17) is 9.47 Å². The number of benzene rings is 2. The highest BCUT2D eigenvalue weighted by Gasteiger charge is 2.16. The summed E-state index contributed by atoms with van der Waals surface area (Å²) in [6.45, 7) is 2.42. The second-order valence-electron chi connectivity index (χ2n) is 6.59. The molecule has 0 spiro atoms. The number of Topliss-reactive ketones (excluding diaryl/α,β-unsaturated/α-hetero) is 1. The first-order chi connectivity index (χ1) is 15.4. The highest BCUT2D eigenvalue weighted by atomic mass is 32.2. The number of rotatable bonds is 7. The summed E-state index contributed by atoms with van der Waals surface area (Å²) in [5.74, 6) is -1.44. The Kier molecular flexibility index (Phi) is 7.37. The van der Waals surface area contributed by atoms with Gasteiger partial charge in [-0.3, -0.25) is 14.4 Å². The lowest BCUT2D eigenvalue weighted by atomic mass is 10.1. The summed E-state index contributed by atoms with van der Waals surface area (Å²) in [4.78, 5) is 39.9. The molecule has 0 aliphatic rings. The van der Waals surface area contributed by atoms with Gasteiger partial charge in [0, 0.05) is 25.0 Å². The first-order valence-corrected chi connectivity index (χ1v) is 10.5. The van der Waals surface area contributed by atoms with Crippen LogP contribution >= 0.6 is 11.8 Å². The van der Waals surface area contributed by atoms with Crippen LogP contribution in [-0.4, -0.2) is 28.5 Å². The number of pyridine rings is 1. The van der Waals surface area contributed by atoms with Crippen LogP contribution < -0.4 is 9.47 Å². The maximum atomic E-state index is 12.8. The molecule has 1 heterocycles. The lowest BCUT2D eigenvalue weighted by Crippen LogP contribution is -2.09. The minimum Gasteiger partial charge on any atom is -0.423 e. The Balaban J connectivity index is 1.81. The normalized spacial score (nSPS) is 10.2. The van der Waals surface area contributed by atoms with Crippen molar-refractivity contribution in [1.82, 2.24) is 4.98 Å². The number of hydrogen-bond donors (Lipinski definition) is 0. The molecule has 160 valence electrons. The summed E-state index contributed by atoms with van der Waals surface area (Å²) >= 11 is 1.14. The van der Waals surface area contributed by atoms with Gasteiger partial charge in [0.2, 0.25) is 0 Å². The van der Waals surface area contributed by atoms with Gasteiger partial charge in [-0.25, -0.2) is 4.98 Å². The fraction of sp³-hybridized carbons (Fsp3) is 0.125. The monoisotopic (exact) mass is 446 g/mol. The molecule has 0 aliphatic carbocycles. The maximum Gasteiger partial charge on any atom is 0.308 e. The predicted octanol–water partition coefficient (Wildman–Crippen LogP) is 4.45. The van der Waals surface area contributed by atoms with Crippen molar-refractivity contribution < 1.29 is 23.9 Å². The van der Waals surface area contributed by atoms with Gasteiger partial charge in [0.05, 0.1) is 17.0 Å². The molecule has 7 nitrogen and oxygen atoms in total. The Hall–Kier alpha value is -3.96. The quantitative estimate of drug-likeness (QED) is 0.227. The van der Waals surface area contributed by atoms with E-state index in [0.29, 0.717) is 16.3 Å². The summed E-state index contributed by atoms with van der Waals surface area (Å²) in [5, 5.41) is 9.85. The van der Waals surface area contributed by atoms with Crippen molar-refractivity contribution in [2.24, 2.45) is 0 Å². The van der Waals surface area contributed by atoms with E-state index in [1.54, 1.807) is 12.1 Å². The number of ether oxygens (including phenoxy) is 2. The fourth-order valence-corrected chi connectivity index (χ4v) is 3.64. The van der Waals surface area contributed by atoms with Crippen molar-refractivity contribution in [3.05, 3.63) is 71.8 Å². The topological polar surface area (TPSA) is 106 Å². The summed E-state index contributed by atoms with van der Waals surface area (Å²) < 4.78 is 10.1. The lowest BCUT2D eigenvalue weighted by molar-refractivity contribution is -0.134. The molecular weight excluding hydrogens is 428 g/mol. The fourth-order valence-electron chi connectivity index (χ4n) is 2.78. The van der Waals surface area contributed by atoms with Crippen LogP contribution in [0.1, 0.15) is 29.8 Å². The maximum absolute atomic E-state index is 12.8. The number of carbonyl (C=O) groups is 3. The summed E-state index contributed by atoms with van der Waals surface area (Å²) in [6, 6.07) is 19.3. The van der Waals surface area contributed by atoms with Gasteiger partial charge in [0.1, 0.15) is 11.1 Å². The van der Waals surface area contributed by atoms with E-state index in [1.807, 2.05) is 30.3 Å². The van der Waals surface area contributed by atoms with E-state index >= 15 is 0 Å². The Labute approximate surface area is 189 Å². The van der Waals surface area contributed by atoms with Crippen LogP contribution in [0.2, 0.25) is 0 Å². The van der Waals surface area contributed by atoms with Crippen molar-refractivity contribution in [1.29, 1.82) is 5.26 Å². The third kappa shape index (κ3) is 5.80. The zero-order valence-corrected chi connectivity index (χ0v) is 18.1. The molecule has 2 aromatic carbocycles. The third-order valence-corrected chi connectivity index (χ3v) is 5.15. The highest BCUT2D eigenvalue weighted by molar-refractivity contribution is 8.00. The molecule has 32 heavy (non-hydrogen) atoms. The number of aromatic nitrogens is 1. The number of carbonyl (C=O) groups excluding carboxylic acids is 3. The van der Waals surface area contributed by atoms with Crippen LogP contribution in [0.15, 0.2) is 65.7 Å². The SMILES string of the molecule is CC(=O)Oc1ccc(C(=O)CSc2nc(-c3ccccc3)ccc2C#N)cc1OC(C)=O. The molecule has 0 fully saturated rings. The molecule has 3 aromatic rings. The number of hydrogen-bond acceptors (Lipinski definition) is 8. The van der Waals surface area contributed by atoms with Crippen molar-refractivity contribution in [3.63, 3.8) is 0 Å². The van der Waals surface area contributed by atoms with Gasteiger partial charge in [-0.1, -0.05) is 42.1 Å². The Morgan fingerprint density at radius 3 is 2.28 bits per heavy atom. The minimum atomic E-state index is -0.613. The zero-order valence-electron chi connectivity index (χ0n) is 17.3. The van der Waals surface area contributed by atoms with Crippen molar-refractivity contribution in [2.45, 2.75) is 18.9 Å². The van der Waals surface area contributed by atoms with Crippen LogP contribution in [-0.2, 0) is 9.59 Å². The smallest absolute Gasteiger partial charge is 0.308 e. The molecule has 0 bridgehead atoms. The molecule has 1 aromatic heterocycles. The van der Waals surface area contributed by atoms with Crippen LogP contribution in [0, 0.1) is 11.3 Å². The Morgan fingerprint density at radius 2 is 1.62 bits per heavy atom. The van der Waals surface area contributed by atoms with Gasteiger partial charge in [-0.2, -0.15) is 5.26 Å². The molecule has 0 amide bonds. The van der Waals surface area contributed by atoms with E-state index in [-0.39, 0.29) is 28.6 Å². The Morgan fingerprint density at radius 1 is 0.938 bits per heavy atom. The highest BCUT2D eigenvalue weighted by Crippen LogP contribution is 2.30. The van der Waals surface area contributed by atoms with Gasteiger partial charge < -0.3 is 9.47 Å². The molecule has 0 aliphatic heterocycles. The standard InChI is InChI=1S/C24H18N2O5S/c1-15(27)30-22-11-9-18(12-23(22)31-16(2)28)21(29)14-32-24-19(13-25)8-10-20(26-24)17-6-4-3-5-7-17/h3-12H,14H2,1-2H3. The van der Waals surface area contributed by atoms with Gasteiger partial charge in [-0.05, 0) is 30.3 Å². The molecule has 0 N–H and O–H groups in total. The molecule has 0 atom stereocenters.